The summed E-state index contributed by atoms with van der Waals surface area (Å²) in [7, 11) is 0. The van der Waals surface area contributed by atoms with Gasteiger partial charge in [-0.3, -0.25) is 4.79 Å². The largest absolute Gasteiger partial charge is 0.466 e. The van der Waals surface area contributed by atoms with Gasteiger partial charge in [-0.15, -0.1) is 0 Å². The van der Waals surface area contributed by atoms with Gasteiger partial charge in [0.1, 0.15) is 5.60 Å². The number of hydrogen-bond donors (Lipinski definition) is 1. The van der Waals surface area contributed by atoms with Gasteiger partial charge in [-0.05, 0) is 70.7 Å². The number of allylic oxidation sites excluding steroid dienone is 3. The van der Waals surface area contributed by atoms with Gasteiger partial charge in [-0.25, -0.2) is 9.18 Å². The predicted octanol–water partition coefficient (Wildman–Crippen LogP) is 6.46. The van der Waals surface area contributed by atoms with Crippen molar-refractivity contribution < 1.29 is 36.6 Å². The van der Waals surface area contributed by atoms with Crippen molar-refractivity contribution in [2.24, 2.45) is 5.92 Å². The third kappa shape index (κ3) is 6.24. The third-order valence-electron chi connectivity index (χ3n) is 5.90. The van der Waals surface area contributed by atoms with Crippen LogP contribution in [0.5, 0.6) is 0 Å². The minimum Gasteiger partial charge on any atom is -0.466 e. The SMILES string of the molecule is CCOC(=O)CC(NC(=O)OC(C)(C)C)C1C(C)=C(c2ccccc2C)C=C(C)C1(F)C(F)(F)F. The van der Waals surface area contributed by atoms with Gasteiger partial charge < -0.3 is 14.8 Å². The second kappa shape index (κ2) is 10.4. The molecule has 0 saturated carbocycles. The molecule has 0 saturated heterocycles. The van der Waals surface area contributed by atoms with Crippen LogP contribution in [0.1, 0.15) is 59.1 Å². The summed E-state index contributed by atoms with van der Waals surface area (Å²) < 4.78 is 69.5. The lowest BCUT2D eigenvalue weighted by Crippen LogP contribution is -2.58. The van der Waals surface area contributed by atoms with E-state index >= 15 is 4.39 Å². The van der Waals surface area contributed by atoms with Gasteiger partial charge >= 0.3 is 18.2 Å². The molecule has 0 fully saturated rings. The molecule has 9 heteroatoms. The second-order valence-electron chi connectivity index (χ2n) is 9.69. The summed E-state index contributed by atoms with van der Waals surface area (Å²) in [6, 6.07) is 5.45. The van der Waals surface area contributed by atoms with Crippen LogP contribution in [-0.4, -0.2) is 42.2 Å². The summed E-state index contributed by atoms with van der Waals surface area (Å²) in [6.07, 6.45) is -5.87. The number of ether oxygens (including phenoxy) is 2. The van der Waals surface area contributed by atoms with Crippen molar-refractivity contribution in [1.82, 2.24) is 5.32 Å². The van der Waals surface area contributed by atoms with E-state index in [1.54, 1.807) is 52.0 Å². The number of aryl methyl sites for hydroxylation is 1. The molecule has 3 atom stereocenters. The van der Waals surface area contributed by atoms with Crippen LogP contribution in [0, 0.1) is 12.8 Å². The molecule has 0 bridgehead atoms. The number of nitrogens with one attached hydrogen (secondary N) is 1. The zero-order chi connectivity index (χ0) is 26.8. The zero-order valence-corrected chi connectivity index (χ0v) is 21.1. The van der Waals surface area contributed by atoms with Crippen LogP contribution in [0.3, 0.4) is 0 Å². The Kier molecular flexibility index (Phi) is 8.45. The van der Waals surface area contributed by atoms with Crippen LogP contribution in [-0.2, 0) is 14.3 Å². The number of rotatable bonds is 6. The van der Waals surface area contributed by atoms with Gasteiger partial charge in [0.25, 0.3) is 0 Å². The van der Waals surface area contributed by atoms with E-state index < -0.39 is 53.5 Å². The Bertz CT molecular complexity index is 1020. The molecule has 0 spiro atoms. The average molecular weight is 500 g/mol. The van der Waals surface area contributed by atoms with Crippen molar-refractivity contribution in [3.05, 3.63) is 52.6 Å². The standard InChI is InChI=1S/C26H33F4NO4/c1-8-34-21(32)14-20(31-23(33)35-24(5,6)7)22-17(4)19(18-12-10-9-11-15(18)2)13-16(3)25(22,27)26(28,29)30/h9-13,20,22H,8,14H2,1-7H3,(H,31,33). The Labute approximate surface area is 203 Å². The highest BCUT2D eigenvalue weighted by Crippen LogP contribution is 2.53. The highest BCUT2D eigenvalue weighted by atomic mass is 19.4. The van der Waals surface area contributed by atoms with Gasteiger partial charge in [0.2, 0.25) is 5.67 Å². The monoisotopic (exact) mass is 499 g/mol. The highest BCUT2D eigenvalue weighted by Gasteiger charge is 2.65. The Morgan fingerprint density at radius 1 is 1.11 bits per heavy atom. The van der Waals surface area contributed by atoms with Gasteiger partial charge in [0, 0.05) is 5.92 Å². The number of esters is 1. The van der Waals surface area contributed by atoms with E-state index in [9.17, 15) is 22.8 Å². The quantitative estimate of drug-likeness (QED) is 0.360. The van der Waals surface area contributed by atoms with Crippen LogP contribution in [0.15, 0.2) is 41.5 Å². The van der Waals surface area contributed by atoms with E-state index in [1.165, 1.54) is 19.9 Å². The topological polar surface area (TPSA) is 64.6 Å². The molecule has 0 aliphatic heterocycles. The van der Waals surface area contributed by atoms with E-state index in [-0.39, 0.29) is 12.2 Å². The van der Waals surface area contributed by atoms with Crippen molar-refractivity contribution in [1.29, 1.82) is 0 Å². The maximum absolute atomic E-state index is 16.3. The van der Waals surface area contributed by atoms with E-state index in [0.717, 1.165) is 12.5 Å². The molecule has 1 aromatic carbocycles. The number of hydrogen-bond acceptors (Lipinski definition) is 4. The number of carbonyl (C=O) groups excluding carboxylic acids is 2. The number of amides is 1. The first kappa shape index (κ1) is 28.4. The maximum Gasteiger partial charge on any atom is 0.427 e. The fourth-order valence-corrected chi connectivity index (χ4v) is 4.40. The van der Waals surface area contributed by atoms with Crippen molar-refractivity contribution in [3.63, 3.8) is 0 Å². The Morgan fingerprint density at radius 2 is 1.71 bits per heavy atom. The zero-order valence-electron chi connectivity index (χ0n) is 21.1. The average Bonchev–Trinajstić information content (AvgIpc) is 2.69. The Hall–Kier alpha value is -2.84. The first-order valence-electron chi connectivity index (χ1n) is 11.4. The summed E-state index contributed by atoms with van der Waals surface area (Å²) >= 11 is 0. The van der Waals surface area contributed by atoms with E-state index in [0.29, 0.717) is 11.1 Å². The summed E-state index contributed by atoms with van der Waals surface area (Å²) in [5, 5.41) is 2.33. The smallest absolute Gasteiger partial charge is 0.427 e. The molecule has 5 nitrogen and oxygen atoms in total. The maximum atomic E-state index is 16.3. The molecular formula is C26H33F4NO4. The summed E-state index contributed by atoms with van der Waals surface area (Å²) in [5.74, 6) is -2.81. The molecule has 1 amide bonds. The summed E-state index contributed by atoms with van der Waals surface area (Å²) in [5.41, 5.74) is -3.50. The summed E-state index contributed by atoms with van der Waals surface area (Å²) in [6.45, 7) is 10.5. The van der Waals surface area contributed by atoms with Crippen LogP contribution in [0.25, 0.3) is 5.57 Å². The van der Waals surface area contributed by atoms with E-state index in [1.807, 2.05) is 0 Å². The van der Waals surface area contributed by atoms with Crippen LogP contribution >= 0.6 is 0 Å². The van der Waals surface area contributed by atoms with Gasteiger partial charge in [0.05, 0.1) is 19.1 Å². The molecule has 194 valence electrons. The first-order valence-corrected chi connectivity index (χ1v) is 11.4. The predicted molar refractivity (Wildman–Crippen MR) is 125 cm³/mol. The lowest BCUT2D eigenvalue weighted by molar-refractivity contribution is -0.232. The minimum atomic E-state index is -5.32. The first-order chi connectivity index (χ1) is 16.0. The molecule has 2 rings (SSSR count). The van der Waals surface area contributed by atoms with Crippen molar-refractivity contribution in [3.8, 4) is 0 Å². The number of benzene rings is 1. The van der Waals surface area contributed by atoms with Crippen molar-refractivity contribution >= 4 is 17.6 Å². The molecule has 1 aliphatic carbocycles. The number of halogens is 4. The molecular weight excluding hydrogens is 466 g/mol. The fourth-order valence-electron chi connectivity index (χ4n) is 4.40. The molecule has 0 aromatic heterocycles. The minimum absolute atomic E-state index is 0.0229. The van der Waals surface area contributed by atoms with Crippen molar-refractivity contribution in [2.45, 2.75) is 78.4 Å². The Balaban J connectivity index is 2.73. The highest BCUT2D eigenvalue weighted by molar-refractivity contribution is 5.82. The molecule has 35 heavy (non-hydrogen) atoms. The molecule has 0 radical (unpaired) electrons. The normalized spacial score (nSPS) is 21.8. The molecule has 1 N–H and O–H groups in total. The molecule has 3 unspecified atom stereocenters. The van der Waals surface area contributed by atoms with Gasteiger partial charge in [-0.2, -0.15) is 13.2 Å². The molecule has 1 aromatic rings. The fraction of sp³-hybridized carbons (Fsp3) is 0.538. The second-order valence-corrected chi connectivity index (χ2v) is 9.69. The van der Waals surface area contributed by atoms with Crippen LogP contribution in [0.2, 0.25) is 0 Å². The third-order valence-corrected chi connectivity index (χ3v) is 5.90. The number of alkyl halides is 4. The van der Waals surface area contributed by atoms with Crippen LogP contribution < -0.4 is 5.32 Å². The number of alkyl carbamates (subject to hydrolysis) is 1. The van der Waals surface area contributed by atoms with Gasteiger partial charge in [0.15, 0.2) is 0 Å². The van der Waals surface area contributed by atoms with Gasteiger partial charge in [-0.1, -0.05) is 35.9 Å². The number of carbonyl (C=O) groups is 2. The van der Waals surface area contributed by atoms with Crippen molar-refractivity contribution in [2.75, 3.05) is 6.61 Å². The molecule has 1 aliphatic rings. The van der Waals surface area contributed by atoms with E-state index in [4.69, 9.17) is 9.47 Å². The lowest BCUT2D eigenvalue weighted by Gasteiger charge is -2.44. The Morgan fingerprint density at radius 3 is 2.23 bits per heavy atom. The summed E-state index contributed by atoms with van der Waals surface area (Å²) in [4.78, 5) is 25.0. The lowest BCUT2D eigenvalue weighted by atomic mass is 9.67. The van der Waals surface area contributed by atoms with E-state index in [2.05, 4.69) is 5.32 Å². The molecule has 0 heterocycles. The van der Waals surface area contributed by atoms with Crippen LogP contribution in [0.4, 0.5) is 22.4 Å².